The highest BCUT2D eigenvalue weighted by Crippen LogP contribution is 2.20. The van der Waals surface area contributed by atoms with E-state index in [4.69, 9.17) is 5.11 Å². The standard InChI is InChI=1S/C7H15NO4/c1-8-5-3(9)2-4(10)6(11)7(5)12/h3-12H,2H2,1H3/t3-,4+,5+,6-,7-/m0/s1. The lowest BCUT2D eigenvalue weighted by molar-refractivity contribution is -0.132. The van der Waals surface area contributed by atoms with E-state index in [-0.39, 0.29) is 6.42 Å². The maximum absolute atomic E-state index is 9.35. The van der Waals surface area contributed by atoms with Gasteiger partial charge in [0.05, 0.1) is 18.2 Å². The minimum Gasteiger partial charge on any atom is -0.391 e. The van der Waals surface area contributed by atoms with E-state index in [0.29, 0.717) is 0 Å². The number of hydrogen-bond acceptors (Lipinski definition) is 5. The van der Waals surface area contributed by atoms with Crippen LogP contribution in [0, 0.1) is 0 Å². The minimum absolute atomic E-state index is 0.0870. The first-order chi connectivity index (χ1) is 5.57. The summed E-state index contributed by atoms with van der Waals surface area (Å²) in [5.74, 6) is 0. The van der Waals surface area contributed by atoms with E-state index in [1.807, 2.05) is 0 Å². The summed E-state index contributed by atoms with van der Waals surface area (Å²) in [5.41, 5.74) is 0. The first kappa shape index (κ1) is 9.88. The van der Waals surface area contributed by atoms with Crippen LogP contribution >= 0.6 is 0 Å². The number of aliphatic hydroxyl groups excluding tert-OH is 4. The van der Waals surface area contributed by atoms with Crippen LogP contribution < -0.4 is 5.32 Å². The third-order valence-corrected chi connectivity index (χ3v) is 2.34. The third-order valence-electron chi connectivity index (χ3n) is 2.34. The topological polar surface area (TPSA) is 93.0 Å². The second-order valence-electron chi connectivity index (χ2n) is 3.17. The second kappa shape index (κ2) is 3.68. The van der Waals surface area contributed by atoms with Crippen LogP contribution in [-0.2, 0) is 0 Å². The maximum Gasteiger partial charge on any atom is 0.107 e. The third kappa shape index (κ3) is 1.60. The fraction of sp³-hybridized carbons (Fsp3) is 1.00. The van der Waals surface area contributed by atoms with Crippen molar-refractivity contribution in [3.63, 3.8) is 0 Å². The first-order valence-electron chi connectivity index (χ1n) is 3.97. The van der Waals surface area contributed by atoms with Gasteiger partial charge in [-0.2, -0.15) is 0 Å². The molecule has 1 aliphatic carbocycles. The van der Waals surface area contributed by atoms with Gasteiger partial charge in [0.15, 0.2) is 0 Å². The van der Waals surface area contributed by atoms with Crippen molar-refractivity contribution in [3.05, 3.63) is 0 Å². The Balaban J connectivity index is 2.65. The van der Waals surface area contributed by atoms with Gasteiger partial charge in [-0.15, -0.1) is 0 Å². The molecule has 0 aliphatic heterocycles. The lowest BCUT2D eigenvalue weighted by Crippen LogP contribution is -2.60. The molecule has 5 heteroatoms. The average Bonchev–Trinajstić information content (AvgIpc) is 2.01. The number of likely N-dealkylation sites (N-methyl/N-ethyl adjacent to an activating group) is 1. The average molecular weight is 177 g/mol. The van der Waals surface area contributed by atoms with Crippen LogP contribution in [-0.4, -0.2) is 57.9 Å². The molecule has 0 aromatic carbocycles. The van der Waals surface area contributed by atoms with Crippen molar-refractivity contribution >= 4 is 0 Å². The Kier molecular flexibility index (Phi) is 3.03. The molecule has 5 nitrogen and oxygen atoms in total. The molecular formula is C7H15NO4. The highest BCUT2D eigenvalue weighted by molar-refractivity contribution is 4.96. The fourth-order valence-corrected chi connectivity index (χ4v) is 1.56. The van der Waals surface area contributed by atoms with Gasteiger partial charge in [0.2, 0.25) is 0 Å². The Morgan fingerprint density at radius 2 is 1.58 bits per heavy atom. The van der Waals surface area contributed by atoms with Crippen LogP contribution in [0.4, 0.5) is 0 Å². The van der Waals surface area contributed by atoms with Crippen LogP contribution in [0.5, 0.6) is 0 Å². The zero-order chi connectivity index (χ0) is 9.30. The summed E-state index contributed by atoms with van der Waals surface area (Å²) in [4.78, 5) is 0. The van der Waals surface area contributed by atoms with Crippen LogP contribution in [0.25, 0.3) is 0 Å². The summed E-state index contributed by atoms with van der Waals surface area (Å²) in [7, 11) is 1.58. The van der Waals surface area contributed by atoms with Crippen molar-refractivity contribution in [2.45, 2.75) is 36.9 Å². The molecule has 0 aromatic rings. The van der Waals surface area contributed by atoms with Gasteiger partial charge in [0.25, 0.3) is 0 Å². The van der Waals surface area contributed by atoms with Gasteiger partial charge in [-0.25, -0.2) is 0 Å². The van der Waals surface area contributed by atoms with E-state index in [2.05, 4.69) is 5.32 Å². The number of hydrogen-bond donors (Lipinski definition) is 5. The monoisotopic (exact) mass is 177 g/mol. The minimum atomic E-state index is -1.18. The van der Waals surface area contributed by atoms with Gasteiger partial charge in [0.1, 0.15) is 12.2 Å². The Hall–Kier alpha value is -0.200. The summed E-state index contributed by atoms with van der Waals surface area (Å²) < 4.78 is 0. The molecular weight excluding hydrogens is 162 g/mol. The Morgan fingerprint density at radius 1 is 1.00 bits per heavy atom. The summed E-state index contributed by atoms with van der Waals surface area (Å²) in [6.45, 7) is 0. The molecule has 0 spiro atoms. The highest BCUT2D eigenvalue weighted by Gasteiger charge is 2.41. The van der Waals surface area contributed by atoms with Gasteiger partial charge in [-0.3, -0.25) is 0 Å². The summed E-state index contributed by atoms with van der Waals surface area (Å²) >= 11 is 0. The molecule has 1 rings (SSSR count). The predicted octanol–water partition coefficient (Wildman–Crippen LogP) is -2.58. The zero-order valence-corrected chi connectivity index (χ0v) is 6.88. The summed E-state index contributed by atoms with van der Waals surface area (Å²) in [5, 5.41) is 39.7. The van der Waals surface area contributed by atoms with Crippen molar-refractivity contribution in [2.24, 2.45) is 0 Å². The van der Waals surface area contributed by atoms with E-state index in [0.717, 1.165) is 0 Å². The van der Waals surface area contributed by atoms with Crippen molar-refractivity contribution in [2.75, 3.05) is 7.05 Å². The van der Waals surface area contributed by atoms with Crippen LogP contribution in [0.1, 0.15) is 6.42 Å². The van der Waals surface area contributed by atoms with E-state index >= 15 is 0 Å². The van der Waals surface area contributed by atoms with Gasteiger partial charge in [-0.1, -0.05) is 0 Å². The quantitative estimate of drug-likeness (QED) is 0.303. The summed E-state index contributed by atoms with van der Waals surface area (Å²) in [6.07, 6.45) is -4.06. The zero-order valence-electron chi connectivity index (χ0n) is 6.88. The Labute approximate surface area is 70.6 Å². The van der Waals surface area contributed by atoms with Crippen molar-refractivity contribution in [1.29, 1.82) is 0 Å². The molecule has 0 radical (unpaired) electrons. The van der Waals surface area contributed by atoms with Gasteiger partial charge >= 0.3 is 0 Å². The lowest BCUT2D eigenvalue weighted by Gasteiger charge is -2.38. The smallest absolute Gasteiger partial charge is 0.107 e. The normalized spacial score (nSPS) is 49.2. The van der Waals surface area contributed by atoms with Crippen molar-refractivity contribution in [3.8, 4) is 0 Å². The molecule has 0 unspecified atom stereocenters. The molecule has 0 amide bonds. The van der Waals surface area contributed by atoms with Crippen LogP contribution in [0.15, 0.2) is 0 Å². The summed E-state index contributed by atoms with van der Waals surface area (Å²) in [6, 6.07) is -0.566. The van der Waals surface area contributed by atoms with E-state index in [1.54, 1.807) is 7.05 Å². The molecule has 0 heterocycles. The van der Waals surface area contributed by atoms with E-state index in [9.17, 15) is 15.3 Å². The molecule has 5 atom stereocenters. The SMILES string of the molecule is CN[C@H]1[C@H](O)[C@@H](O)[C@H](O)C[C@@H]1O. The largest absolute Gasteiger partial charge is 0.391 e. The van der Waals surface area contributed by atoms with Gasteiger partial charge in [-0.05, 0) is 7.05 Å². The molecule has 0 bridgehead atoms. The predicted molar refractivity (Wildman–Crippen MR) is 41.5 cm³/mol. The first-order valence-corrected chi connectivity index (χ1v) is 3.97. The van der Waals surface area contributed by atoms with Crippen molar-refractivity contribution in [1.82, 2.24) is 5.32 Å². The molecule has 1 saturated carbocycles. The van der Waals surface area contributed by atoms with E-state index < -0.39 is 30.5 Å². The van der Waals surface area contributed by atoms with Crippen molar-refractivity contribution < 1.29 is 20.4 Å². The molecule has 5 N–H and O–H groups in total. The molecule has 72 valence electrons. The van der Waals surface area contributed by atoms with Gasteiger partial charge in [0, 0.05) is 6.42 Å². The van der Waals surface area contributed by atoms with Crippen LogP contribution in [0.2, 0.25) is 0 Å². The molecule has 0 saturated heterocycles. The number of rotatable bonds is 1. The van der Waals surface area contributed by atoms with Gasteiger partial charge < -0.3 is 25.7 Å². The fourth-order valence-electron chi connectivity index (χ4n) is 1.56. The number of nitrogens with one attached hydrogen (secondary N) is 1. The van der Waals surface area contributed by atoms with E-state index in [1.165, 1.54) is 0 Å². The lowest BCUT2D eigenvalue weighted by atomic mass is 9.85. The maximum atomic E-state index is 9.35. The Morgan fingerprint density at radius 3 is 2.08 bits per heavy atom. The Bertz CT molecular complexity index is 154. The highest BCUT2D eigenvalue weighted by atomic mass is 16.4. The molecule has 1 aliphatic rings. The second-order valence-corrected chi connectivity index (χ2v) is 3.17. The molecule has 1 fully saturated rings. The molecule has 0 aromatic heterocycles. The van der Waals surface area contributed by atoms with Crippen LogP contribution in [0.3, 0.4) is 0 Å². The number of aliphatic hydroxyl groups is 4. The molecule has 12 heavy (non-hydrogen) atoms.